The van der Waals surface area contributed by atoms with Crippen molar-refractivity contribution >= 4 is 34.2 Å². The summed E-state index contributed by atoms with van der Waals surface area (Å²) in [5.41, 5.74) is 1.81. The van der Waals surface area contributed by atoms with Crippen LogP contribution in [-0.2, 0) is 13.6 Å². The molecule has 3 aromatic rings. The second-order valence-corrected chi connectivity index (χ2v) is 5.73. The highest BCUT2D eigenvalue weighted by molar-refractivity contribution is 6.31. The number of nitrogens with zero attached hydrogens (tertiary/aromatic N) is 5. The van der Waals surface area contributed by atoms with Crippen LogP contribution in [0.25, 0.3) is 11.0 Å². The molecular weight excluding hydrogens is 297 g/mol. The summed E-state index contributed by atoms with van der Waals surface area (Å²) in [5, 5.41) is 4.76. The van der Waals surface area contributed by atoms with Crippen molar-refractivity contribution in [3.63, 3.8) is 0 Å². The molecule has 0 aliphatic heterocycles. The summed E-state index contributed by atoms with van der Waals surface area (Å²) in [7, 11) is 1.84. The van der Waals surface area contributed by atoms with E-state index in [1.807, 2.05) is 36.7 Å². The molecule has 0 saturated carbocycles. The topological polar surface area (TPSA) is 48.5 Å². The average molecular weight is 310 g/mol. The van der Waals surface area contributed by atoms with Crippen molar-refractivity contribution in [3.05, 3.63) is 41.2 Å². The molecular formula is C13H13Cl2N5. The van der Waals surface area contributed by atoms with Gasteiger partial charge >= 0.3 is 0 Å². The Kier molecular flexibility index (Phi) is 3.40. The number of imidazole rings is 1. The molecule has 5 nitrogen and oxygen atoms in total. The zero-order valence-electron chi connectivity index (χ0n) is 11.1. The van der Waals surface area contributed by atoms with Crippen LogP contribution in [-0.4, -0.2) is 24.3 Å². The van der Waals surface area contributed by atoms with Gasteiger partial charge in [-0.1, -0.05) is 11.6 Å². The summed E-state index contributed by atoms with van der Waals surface area (Å²) in [4.78, 5) is 8.81. The van der Waals surface area contributed by atoms with Crippen molar-refractivity contribution in [2.45, 2.75) is 18.8 Å². The Morgan fingerprint density at radius 2 is 2.15 bits per heavy atom. The van der Waals surface area contributed by atoms with E-state index in [1.54, 1.807) is 11.0 Å². The van der Waals surface area contributed by atoms with E-state index in [0.717, 1.165) is 16.9 Å². The van der Waals surface area contributed by atoms with Crippen LogP contribution in [0, 0.1) is 0 Å². The van der Waals surface area contributed by atoms with Gasteiger partial charge in [0.2, 0.25) is 0 Å². The van der Waals surface area contributed by atoms with Gasteiger partial charge < -0.3 is 4.57 Å². The van der Waals surface area contributed by atoms with Gasteiger partial charge in [0, 0.05) is 12.1 Å². The molecule has 0 amide bonds. The third kappa shape index (κ3) is 2.39. The summed E-state index contributed by atoms with van der Waals surface area (Å²) in [6.07, 6.45) is 1.67. The van der Waals surface area contributed by atoms with Crippen molar-refractivity contribution in [1.82, 2.24) is 24.3 Å². The molecule has 0 N–H and O–H groups in total. The van der Waals surface area contributed by atoms with Crippen LogP contribution >= 0.6 is 23.2 Å². The number of aromatic nitrogens is 5. The van der Waals surface area contributed by atoms with Gasteiger partial charge in [-0.15, -0.1) is 11.6 Å². The normalized spacial score (nSPS) is 13.0. The van der Waals surface area contributed by atoms with Crippen molar-refractivity contribution in [2.24, 2.45) is 7.05 Å². The minimum atomic E-state index is -0.204. The third-order valence-electron chi connectivity index (χ3n) is 3.04. The Labute approximate surface area is 126 Å². The van der Waals surface area contributed by atoms with Gasteiger partial charge in [-0.05, 0) is 25.1 Å². The van der Waals surface area contributed by atoms with Gasteiger partial charge in [-0.2, -0.15) is 5.10 Å². The zero-order chi connectivity index (χ0) is 14.3. The fourth-order valence-electron chi connectivity index (χ4n) is 2.18. The molecule has 2 aromatic heterocycles. The molecule has 1 unspecified atom stereocenters. The third-order valence-corrected chi connectivity index (χ3v) is 3.47. The predicted octanol–water partition coefficient (Wildman–Crippen LogP) is 3.17. The number of fused-ring (bicyclic) bond motifs is 1. The van der Waals surface area contributed by atoms with E-state index in [-0.39, 0.29) is 5.38 Å². The van der Waals surface area contributed by atoms with Gasteiger partial charge in [0.1, 0.15) is 12.2 Å². The Morgan fingerprint density at radius 3 is 2.80 bits per heavy atom. The molecule has 0 spiro atoms. The van der Waals surface area contributed by atoms with Gasteiger partial charge in [0.15, 0.2) is 5.82 Å². The zero-order valence-corrected chi connectivity index (χ0v) is 12.6. The van der Waals surface area contributed by atoms with Crippen LogP contribution < -0.4 is 0 Å². The minimum absolute atomic E-state index is 0.204. The second-order valence-electron chi connectivity index (χ2n) is 4.64. The maximum Gasteiger partial charge on any atom is 0.170 e. The first-order valence-electron chi connectivity index (χ1n) is 6.19. The summed E-state index contributed by atoms with van der Waals surface area (Å²) in [5.74, 6) is 1.50. The fourth-order valence-corrected chi connectivity index (χ4v) is 2.52. The molecule has 104 valence electrons. The number of hydrogen-bond donors (Lipinski definition) is 0. The average Bonchev–Trinajstić information content (AvgIpc) is 2.95. The molecule has 20 heavy (non-hydrogen) atoms. The van der Waals surface area contributed by atoms with Gasteiger partial charge in [-0.3, -0.25) is 4.68 Å². The van der Waals surface area contributed by atoms with Crippen LogP contribution in [0.4, 0.5) is 0 Å². The summed E-state index contributed by atoms with van der Waals surface area (Å²) < 4.78 is 3.68. The molecule has 7 heteroatoms. The Bertz CT molecular complexity index is 759. The van der Waals surface area contributed by atoms with Crippen molar-refractivity contribution < 1.29 is 0 Å². The van der Waals surface area contributed by atoms with Crippen molar-refractivity contribution in [2.75, 3.05) is 0 Å². The molecule has 0 fully saturated rings. The second kappa shape index (κ2) is 5.07. The summed E-state index contributed by atoms with van der Waals surface area (Å²) >= 11 is 12.3. The number of alkyl halides is 1. The minimum Gasteiger partial charge on any atom is -0.319 e. The first kappa shape index (κ1) is 13.4. The highest BCUT2D eigenvalue weighted by Gasteiger charge is 2.16. The largest absolute Gasteiger partial charge is 0.319 e. The first-order chi connectivity index (χ1) is 9.54. The van der Waals surface area contributed by atoms with E-state index in [4.69, 9.17) is 23.2 Å². The lowest BCUT2D eigenvalue weighted by Crippen LogP contribution is -2.07. The maximum atomic E-state index is 6.23. The maximum absolute atomic E-state index is 6.23. The van der Waals surface area contributed by atoms with Crippen LogP contribution in [0.2, 0.25) is 5.02 Å². The number of rotatable bonds is 3. The molecule has 0 bridgehead atoms. The predicted molar refractivity (Wildman–Crippen MR) is 79.1 cm³/mol. The summed E-state index contributed by atoms with van der Waals surface area (Å²) in [6, 6.07) is 5.60. The molecule has 0 saturated heterocycles. The fraction of sp³-hybridized carbons (Fsp3) is 0.308. The van der Waals surface area contributed by atoms with Crippen LogP contribution in [0.15, 0.2) is 24.5 Å². The van der Waals surface area contributed by atoms with Crippen LogP contribution in [0.3, 0.4) is 0 Å². The van der Waals surface area contributed by atoms with E-state index >= 15 is 0 Å². The number of benzene rings is 1. The number of aryl methyl sites for hydroxylation is 1. The molecule has 0 radical (unpaired) electrons. The monoisotopic (exact) mass is 309 g/mol. The van der Waals surface area contributed by atoms with E-state index in [0.29, 0.717) is 17.4 Å². The number of halogens is 2. The van der Waals surface area contributed by atoms with E-state index in [1.165, 1.54) is 0 Å². The molecule has 2 heterocycles. The molecule has 0 aliphatic carbocycles. The molecule has 1 aromatic carbocycles. The lowest BCUT2D eigenvalue weighted by molar-refractivity contribution is 0.684. The highest BCUT2D eigenvalue weighted by Crippen LogP contribution is 2.27. The Balaban J connectivity index is 2.15. The number of hydrogen-bond acceptors (Lipinski definition) is 3. The summed E-state index contributed by atoms with van der Waals surface area (Å²) in [6.45, 7) is 2.41. The van der Waals surface area contributed by atoms with Gasteiger partial charge in [0.25, 0.3) is 0 Å². The van der Waals surface area contributed by atoms with Crippen molar-refractivity contribution in [1.29, 1.82) is 0 Å². The Morgan fingerprint density at radius 1 is 1.35 bits per heavy atom. The lowest BCUT2D eigenvalue weighted by atomic mass is 10.3. The van der Waals surface area contributed by atoms with E-state index in [2.05, 4.69) is 15.1 Å². The Hall–Kier alpha value is -1.59. The standard InChI is InChI=1S/C13H13Cl2N5/c1-8(14)13-17-10-4-3-9(15)5-11(10)20(13)6-12-16-7-19(2)18-12/h3-5,7-8H,6H2,1-2H3. The van der Waals surface area contributed by atoms with Crippen molar-refractivity contribution in [3.8, 4) is 0 Å². The quantitative estimate of drug-likeness (QED) is 0.698. The van der Waals surface area contributed by atoms with E-state index in [9.17, 15) is 0 Å². The van der Waals surface area contributed by atoms with Gasteiger partial charge in [0.05, 0.1) is 23.0 Å². The SMILES string of the molecule is CC(Cl)c1nc2ccc(Cl)cc2n1Cc1ncn(C)n1. The molecule has 1 atom stereocenters. The van der Waals surface area contributed by atoms with Crippen LogP contribution in [0.5, 0.6) is 0 Å². The first-order valence-corrected chi connectivity index (χ1v) is 7.00. The molecule has 0 aliphatic rings. The highest BCUT2D eigenvalue weighted by atomic mass is 35.5. The van der Waals surface area contributed by atoms with Gasteiger partial charge in [-0.25, -0.2) is 9.97 Å². The lowest BCUT2D eigenvalue weighted by Gasteiger charge is -2.08. The van der Waals surface area contributed by atoms with Crippen LogP contribution in [0.1, 0.15) is 23.9 Å². The smallest absolute Gasteiger partial charge is 0.170 e. The molecule has 3 rings (SSSR count). The van der Waals surface area contributed by atoms with E-state index < -0.39 is 0 Å².